The summed E-state index contributed by atoms with van der Waals surface area (Å²) in [4.78, 5) is 14.0. The molecular weight excluding hydrogens is 342 g/mol. The third-order valence-corrected chi connectivity index (χ3v) is 4.72. The fourth-order valence-electron chi connectivity index (χ4n) is 3.64. The highest BCUT2D eigenvalue weighted by molar-refractivity contribution is 5.95. The van der Waals surface area contributed by atoms with Crippen LogP contribution in [0.25, 0.3) is 0 Å². The summed E-state index contributed by atoms with van der Waals surface area (Å²) in [6.07, 6.45) is 0.459. The highest BCUT2D eigenvalue weighted by Gasteiger charge is 2.50. The molecule has 2 aromatic rings. The van der Waals surface area contributed by atoms with Gasteiger partial charge in [0, 0.05) is 18.1 Å². The number of anilines is 1. The van der Waals surface area contributed by atoms with Crippen LogP contribution in [0.3, 0.4) is 0 Å². The molecule has 0 aromatic heterocycles. The lowest BCUT2D eigenvalue weighted by atomic mass is 9.90. The zero-order chi connectivity index (χ0) is 18.5. The Kier molecular flexibility index (Phi) is 3.75. The zero-order valence-electron chi connectivity index (χ0n) is 14.4. The average molecular weight is 360 g/mol. The van der Waals surface area contributed by atoms with Gasteiger partial charge in [-0.15, -0.1) is 0 Å². The predicted octanol–water partition coefficient (Wildman–Crippen LogP) is 4.13. The Bertz CT molecular complexity index is 889. The summed E-state index contributed by atoms with van der Waals surface area (Å²) in [7, 11) is 0. The second-order valence-electron chi connectivity index (χ2n) is 6.52. The van der Waals surface area contributed by atoms with Crippen LogP contribution in [0.2, 0.25) is 0 Å². The van der Waals surface area contributed by atoms with Gasteiger partial charge in [-0.2, -0.15) is 0 Å². The zero-order valence-corrected chi connectivity index (χ0v) is 14.4. The second-order valence-corrected chi connectivity index (χ2v) is 6.52. The summed E-state index contributed by atoms with van der Waals surface area (Å²) in [6, 6.07) is 8.21. The number of hydrogen-bond donors (Lipinski definition) is 1. The molecule has 2 aliphatic heterocycles. The molecule has 2 aliphatic rings. The summed E-state index contributed by atoms with van der Waals surface area (Å²) in [5.74, 6) is -0.849. The molecule has 1 N–H and O–H groups in total. The molecule has 2 atom stereocenters. The average Bonchev–Trinajstić information content (AvgIpc) is 2.58. The van der Waals surface area contributed by atoms with Gasteiger partial charge in [-0.3, -0.25) is 4.90 Å². The van der Waals surface area contributed by atoms with Crippen molar-refractivity contribution in [1.29, 1.82) is 0 Å². The van der Waals surface area contributed by atoms with Crippen molar-refractivity contribution in [2.45, 2.75) is 32.0 Å². The number of nitrogens with zero attached hydrogens (tertiary/aromatic N) is 1. The fraction of sp³-hybridized carbons (Fsp3) is 0.316. The number of nitrogens with one attached hydrogen (secondary N) is 1. The first-order valence-electron chi connectivity index (χ1n) is 8.43. The normalized spacial score (nSPS) is 23.8. The first-order valence-corrected chi connectivity index (χ1v) is 8.43. The van der Waals surface area contributed by atoms with Crippen LogP contribution in [0.1, 0.15) is 31.9 Å². The lowest BCUT2D eigenvalue weighted by Gasteiger charge is -2.50. The van der Waals surface area contributed by atoms with Gasteiger partial charge in [-0.25, -0.2) is 13.6 Å². The van der Waals surface area contributed by atoms with E-state index in [2.05, 4.69) is 5.32 Å². The molecule has 1 saturated heterocycles. The van der Waals surface area contributed by atoms with Gasteiger partial charge in [-0.05, 0) is 32.0 Å². The van der Waals surface area contributed by atoms with E-state index in [-0.39, 0.29) is 11.7 Å². The molecule has 0 spiro atoms. The van der Waals surface area contributed by atoms with Gasteiger partial charge in [0.1, 0.15) is 0 Å². The molecule has 0 radical (unpaired) electrons. The van der Waals surface area contributed by atoms with Crippen LogP contribution < -0.4 is 19.7 Å². The van der Waals surface area contributed by atoms with E-state index in [4.69, 9.17) is 9.47 Å². The molecule has 136 valence electrons. The lowest BCUT2D eigenvalue weighted by molar-refractivity contribution is 0.0343. The maximum atomic E-state index is 13.7. The van der Waals surface area contributed by atoms with Crippen LogP contribution in [0.5, 0.6) is 11.5 Å². The van der Waals surface area contributed by atoms with Gasteiger partial charge in [0.25, 0.3) is 0 Å². The van der Waals surface area contributed by atoms with Crippen LogP contribution in [-0.4, -0.2) is 18.4 Å². The number of carbonyl (C=O) groups excluding carboxylic acids is 1. The van der Waals surface area contributed by atoms with Crippen LogP contribution in [0.15, 0.2) is 36.4 Å². The van der Waals surface area contributed by atoms with Gasteiger partial charge in [0.05, 0.1) is 18.3 Å². The van der Waals surface area contributed by atoms with Crippen molar-refractivity contribution in [2.24, 2.45) is 0 Å². The van der Waals surface area contributed by atoms with Crippen LogP contribution in [0, 0.1) is 11.6 Å². The summed E-state index contributed by atoms with van der Waals surface area (Å²) in [6.45, 7) is 4.10. The van der Waals surface area contributed by atoms with Crippen LogP contribution in [-0.2, 0) is 0 Å². The number of rotatable bonds is 3. The number of halogens is 2. The minimum absolute atomic E-state index is 0.222. The number of amides is 2. The van der Waals surface area contributed by atoms with E-state index in [9.17, 15) is 13.6 Å². The maximum Gasteiger partial charge on any atom is 0.325 e. The quantitative estimate of drug-likeness (QED) is 0.895. The molecule has 5 nitrogen and oxygen atoms in total. The first-order chi connectivity index (χ1) is 12.4. The van der Waals surface area contributed by atoms with Gasteiger partial charge >= 0.3 is 6.03 Å². The van der Waals surface area contributed by atoms with Crippen molar-refractivity contribution < 1.29 is 23.0 Å². The van der Waals surface area contributed by atoms with Gasteiger partial charge < -0.3 is 14.8 Å². The Morgan fingerprint density at radius 3 is 2.85 bits per heavy atom. The summed E-state index contributed by atoms with van der Waals surface area (Å²) in [5, 5.41) is 2.92. The van der Waals surface area contributed by atoms with E-state index >= 15 is 0 Å². The smallest absolute Gasteiger partial charge is 0.325 e. The van der Waals surface area contributed by atoms with E-state index in [0.717, 1.165) is 17.7 Å². The molecule has 4 rings (SSSR count). The minimum atomic E-state index is -1.06. The Balaban J connectivity index is 1.80. The number of benzene rings is 2. The third-order valence-electron chi connectivity index (χ3n) is 4.72. The molecule has 7 heteroatoms. The number of carbonyl (C=O) groups is 1. The van der Waals surface area contributed by atoms with Crippen LogP contribution in [0.4, 0.5) is 19.3 Å². The summed E-state index contributed by atoms with van der Waals surface area (Å²) >= 11 is 0. The third kappa shape index (κ3) is 2.46. The van der Waals surface area contributed by atoms with Gasteiger partial charge in [0.2, 0.25) is 0 Å². The molecule has 26 heavy (non-hydrogen) atoms. The van der Waals surface area contributed by atoms with Crippen LogP contribution >= 0.6 is 0 Å². The predicted molar refractivity (Wildman–Crippen MR) is 91.4 cm³/mol. The van der Waals surface area contributed by atoms with E-state index in [0.29, 0.717) is 24.5 Å². The largest absolute Gasteiger partial charge is 0.490 e. The second kappa shape index (κ2) is 5.86. The number of urea groups is 1. The topological polar surface area (TPSA) is 50.8 Å². The molecular formula is C19H18F2N2O3. The molecule has 2 bridgehead atoms. The summed E-state index contributed by atoms with van der Waals surface area (Å²) in [5.41, 5.74) is 0.00342. The van der Waals surface area contributed by atoms with Gasteiger partial charge in [0.15, 0.2) is 28.9 Å². The van der Waals surface area contributed by atoms with Crippen molar-refractivity contribution in [2.75, 3.05) is 11.5 Å². The molecule has 0 saturated carbocycles. The Morgan fingerprint density at radius 1 is 1.31 bits per heavy atom. The Morgan fingerprint density at radius 2 is 2.12 bits per heavy atom. The summed E-state index contributed by atoms with van der Waals surface area (Å²) < 4.78 is 38.9. The van der Waals surface area contributed by atoms with Crippen molar-refractivity contribution in [1.82, 2.24) is 5.32 Å². The monoisotopic (exact) mass is 360 g/mol. The van der Waals surface area contributed by atoms with Crippen molar-refractivity contribution in [3.05, 3.63) is 53.6 Å². The SMILES string of the molecule is CCOc1cccc2c1OC1(C)CC2NC(=O)N1c1ccc(F)c(F)c1. The van der Waals surface area contributed by atoms with Gasteiger partial charge in [-0.1, -0.05) is 12.1 Å². The Labute approximate surface area is 149 Å². The number of fused-ring (bicyclic) bond motifs is 4. The van der Waals surface area contributed by atoms with E-state index in [1.54, 1.807) is 13.0 Å². The number of ether oxygens (including phenoxy) is 2. The van der Waals surface area contributed by atoms with Crippen molar-refractivity contribution in [3.63, 3.8) is 0 Å². The number of hydrogen-bond acceptors (Lipinski definition) is 3. The molecule has 1 fully saturated rings. The molecule has 0 aliphatic carbocycles. The number of para-hydroxylation sites is 1. The maximum absolute atomic E-state index is 13.7. The Hall–Kier alpha value is -2.83. The van der Waals surface area contributed by atoms with E-state index in [1.165, 1.54) is 11.0 Å². The van der Waals surface area contributed by atoms with E-state index < -0.39 is 23.4 Å². The highest BCUT2D eigenvalue weighted by atomic mass is 19.2. The van der Waals surface area contributed by atoms with Crippen molar-refractivity contribution >= 4 is 11.7 Å². The first kappa shape index (κ1) is 16.6. The fourth-order valence-corrected chi connectivity index (χ4v) is 3.64. The molecule has 2 amide bonds. The van der Waals surface area contributed by atoms with Crippen molar-refractivity contribution in [3.8, 4) is 11.5 Å². The highest BCUT2D eigenvalue weighted by Crippen LogP contribution is 2.49. The molecule has 2 aromatic carbocycles. The molecule has 2 unspecified atom stereocenters. The minimum Gasteiger partial charge on any atom is -0.490 e. The standard InChI is InChI=1S/C19H18F2N2O3/c1-3-25-16-6-4-5-12-15-10-19(2,26-17(12)16)23(18(24)22-15)11-7-8-13(20)14(21)9-11/h4-9,15H,3,10H2,1-2H3,(H,22,24). The molecule has 2 heterocycles. The lowest BCUT2D eigenvalue weighted by Crippen LogP contribution is -2.65. The van der Waals surface area contributed by atoms with E-state index in [1.807, 2.05) is 19.1 Å².